The maximum absolute atomic E-state index is 13.4. The van der Waals surface area contributed by atoms with Gasteiger partial charge in [0.15, 0.2) is 23.3 Å². The van der Waals surface area contributed by atoms with E-state index in [4.69, 9.17) is 5.84 Å². The molecule has 1 aromatic heterocycles. The lowest BCUT2D eigenvalue weighted by Crippen LogP contribution is -2.33. The van der Waals surface area contributed by atoms with Crippen molar-refractivity contribution in [1.82, 2.24) is 9.88 Å². The number of likely N-dealkylation sites (tertiary alicyclic amines) is 1. The minimum absolute atomic E-state index is 0.0838. The number of nitrogens with zero attached hydrogens (tertiary/aromatic N) is 2. The van der Waals surface area contributed by atoms with Gasteiger partial charge in [-0.05, 0) is 12.8 Å². The molecule has 0 spiro atoms. The number of halogens is 2. The molecule has 8 heteroatoms. The van der Waals surface area contributed by atoms with Crippen molar-refractivity contribution in [3.05, 3.63) is 17.7 Å². The van der Waals surface area contributed by atoms with Crippen molar-refractivity contribution in [2.45, 2.75) is 12.8 Å². The molecule has 1 aromatic rings. The Balaban J connectivity index is 2.00. The Morgan fingerprint density at radius 3 is 2.58 bits per heavy atom. The molecular formula is C11H15F2N5O. The van der Waals surface area contributed by atoms with Gasteiger partial charge in [-0.1, -0.05) is 0 Å². The van der Waals surface area contributed by atoms with Crippen LogP contribution in [-0.4, -0.2) is 35.4 Å². The lowest BCUT2D eigenvalue weighted by Gasteiger charge is -2.16. The Labute approximate surface area is 108 Å². The van der Waals surface area contributed by atoms with E-state index < -0.39 is 11.6 Å². The van der Waals surface area contributed by atoms with Gasteiger partial charge in [-0.2, -0.15) is 0 Å². The van der Waals surface area contributed by atoms with Gasteiger partial charge in [0.2, 0.25) is 5.91 Å². The van der Waals surface area contributed by atoms with Crippen molar-refractivity contribution in [1.29, 1.82) is 0 Å². The molecule has 19 heavy (non-hydrogen) atoms. The SMILES string of the molecule is NNc1nc(NCC(=O)N2CCCC2)c(F)cc1F. The van der Waals surface area contributed by atoms with Gasteiger partial charge < -0.3 is 15.6 Å². The Bertz CT molecular complexity index is 476. The molecule has 1 saturated heterocycles. The second-order valence-electron chi connectivity index (χ2n) is 4.24. The fraction of sp³-hybridized carbons (Fsp3) is 0.455. The van der Waals surface area contributed by atoms with Gasteiger partial charge in [0.05, 0.1) is 6.54 Å². The predicted octanol–water partition coefficient (Wildman–Crippen LogP) is 0.680. The molecule has 1 aliphatic rings. The van der Waals surface area contributed by atoms with Crippen LogP contribution in [0.15, 0.2) is 6.07 Å². The number of rotatable bonds is 4. The number of pyridine rings is 1. The van der Waals surface area contributed by atoms with E-state index in [9.17, 15) is 13.6 Å². The van der Waals surface area contributed by atoms with Crippen LogP contribution < -0.4 is 16.6 Å². The smallest absolute Gasteiger partial charge is 0.241 e. The molecule has 1 fully saturated rings. The molecule has 6 nitrogen and oxygen atoms in total. The fourth-order valence-corrected chi connectivity index (χ4v) is 1.93. The zero-order valence-corrected chi connectivity index (χ0v) is 10.2. The standard InChI is InChI=1S/C11H15F2N5O/c12-7-5-8(13)11(17-14)16-10(7)15-6-9(19)18-3-1-2-4-18/h5H,1-4,6,14H2,(H2,15,16,17). The van der Waals surface area contributed by atoms with Crippen LogP contribution in [0.2, 0.25) is 0 Å². The number of hydrogen-bond donors (Lipinski definition) is 3. The minimum atomic E-state index is -0.892. The van der Waals surface area contributed by atoms with Gasteiger partial charge in [0.25, 0.3) is 0 Å². The van der Waals surface area contributed by atoms with E-state index in [0.29, 0.717) is 6.07 Å². The largest absolute Gasteiger partial charge is 0.358 e. The second-order valence-corrected chi connectivity index (χ2v) is 4.24. The molecule has 2 rings (SSSR count). The molecule has 0 aromatic carbocycles. The van der Waals surface area contributed by atoms with Crippen LogP contribution in [-0.2, 0) is 4.79 Å². The summed E-state index contributed by atoms with van der Waals surface area (Å²) in [7, 11) is 0. The summed E-state index contributed by atoms with van der Waals surface area (Å²) in [6, 6.07) is 0.658. The van der Waals surface area contributed by atoms with Crippen LogP contribution >= 0.6 is 0 Å². The number of carbonyl (C=O) groups excluding carboxylic acids is 1. The molecule has 1 amide bonds. The van der Waals surface area contributed by atoms with Crippen LogP contribution in [0.5, 0.6) is 0 Å². The number of anilines is 2. The van der Waals surface area contributed by atoms with Crippen molar-refractivity contribution >= 4 is 17.5 Å². The molecule has 0 aliphatic carbocycles. The van der Waals surface area contributed by atoms with Gasteiger partial charge in [-0.3, -0.25) is 4.79 Å². The fourth-order valence-electron chi connectivity index (χ4n) is 1.93. The molecule has 0 bridgehead atoms. The first-order chi connectivity index (χ1) is 9.11. The Morgan fingerprint density at radius 2 is 1.95 bits per heavy atom. The molecule has 0 saturated carbocycles. The third-order valence-electron chi connectivity index (χ3n) is 2.93. The van der Waals surface area contributed by atoms with Crippen LogP contribution in [0.25, 0.3) is 0 Å². The van der Waals surface area contributed by atoms with Crippen LogP contribution in [0.3, 0.4) is 0 Å². The Hall–Kier alpha value is -1.96. The molecule has 0 atom stereocenters. The monoisotopic (exact) mass is 271 g/mol. The lowest BCUT2D eigenvalue weighted by atomic mass is 10.4. The van der Waals surface area contributed by atoms with Crippen LogP contribution in [0, 0.1) is 11.6 Å². The van der Waals surface area contributed by atoms with Gasteiger partial charge >= 0.3 is 0 Å². The summed E-state index contributed by atoms with van der Waals surface area (Å²) in [6.07, 6.45) is 1.96. The number of nitrogen functional groups attached to an aromatic ring is 1. The third kappa shape index (κ3) is 3.08. The van der Waals surface area contributed by atoms with Crippen molar-refractivity contribution in [2.75, 3.05) is 30.4 Å². The summed E-state index contributed by atoms with van der Waals surface area (Å²) >= 11 is 0. The van der Waals surface area contributed by atoms with E-state index in [1.807, 2.05) is 5.43 Å². The van der Waals surface area contributed by atoms with E-state index in [1.54, 1.807) is 4.90 Å². The van der Waals surface area contributed by atoms with E-state index >= 15 is 0 Å². The van der Waals surface area contributed by atoms with Gasteiger partial charge in [-0.15, -0.1) is 0 Å². The highest BCUT2D eigenvalue weighted by molar-refractivity contribution is 5.80. The number of nitrogens with one attached hydrogen (secondary N) is 2. The first kappa shape index (κ1) is 13.5. The first-order valence-corrected chi connectivity index (χ1v) is 5.96. The molecular weight excluding hydrogens is 256 g/mol. The molecule has 104 valence electrons. The highest BCUT2D eigenvalue weighted by Crippen LogP contribution is 2.18. The summed E-state index contributed by atoms with van der Waals surface area (Å²) in [5, 5.41) is 2.55. The average Bonchev–Trinajstić information content (AvgIpc) is 2.91. The summed E-state index contributed by atoms with van der Waals surface area (Å²) in [5.41, 5.74) is 2.02. The maximum Gasteiger partial charge on any atom is 0.241 e. The summed E-state index contributed by atoms with van der Waals surface area (Å²) in [4.78, 5) is 17.1. The van der Waals surface area contributed by atoms with Crippen molar-refractivity contribution in [3.8, 4) is 0 Å². The van der Waals surface area contributed by atoms with Crippen LogP contribution in [0.1, 0.15) is 12.8 Å². The Kier molecular flexibility index (Phi) is 4.10. The minimum Gasteiger partial charge on any atom is -0.358 e. The molecule has 4 N–H and O–H groups in total. The molecule has 1 aliphatic heterocycles. The highest BCUT2D eigenvalue weighted by Gasteiger charge is 2.18. The van der Waals surface area contributed by atoms with E-state index in [-0.39, 0.29) is 24.1 Å². The number of hydrazine groups is 1. The predicted molar refractivity (Wildman–Crippen MR) is 66.3 cm³/mol. The lowest BCUT2D eigenvalue weighted by molar-refractivity contribution is -0.128. The van der Waals surface area contributed by atoms with Gasteiger partial charge in [-0.25, -0.2) is 19.6 Å². The highest BCUT2D eigenvalue weighted by atomic mass is 19.1. The zero-order chi connectivity index (χ0) is 13.8. The Morgan fingerprint density at radius 1 is 1.32 bits per heavy atom. The van der Waals surface area contributed by atoms with E-state index in [2.05, 4.69) is 10.3 Å². The quantitative estimate of drug-likeness (QED) is 0.554. The number of hydrogen-bond acceptors (Lipinski definition) is 5. The molecule has 0 radical (unpaired) electrons. The summed E-state index contributed by atoms with van der Waals surface area (Å²) < 4.78 is 26.6. The summed E-state index contributed by atoms with van der Waals surface area (Å²) in [5.74, 6) is 2.66. The van der Waals surface area contributed by atoms with E-state index in [1.165, 1.54) is 0 Å². The van der Waals surface area contributed by atoms with Crippen molar-refractivity contribution in [3.63, 3.8) is 0 Å². The third-order valence-corrected chi connectivity index (χ3v) is 2.93. The van der Waals surface area contributed by atoms with Crippen molar-refractivity contribution in [2.24, 2.45) is 5.84 Å². The zero-order valence-electron chi connectivity index (χ0n) is 10.2. The average molecular weight is 271 g/mol. The van der Waals surface area contributed by atoms with Crippen LogP contribution in [0.4, 0.5) is 20.4 Å². The van der Waals surface area contributed by atoms with E-state index in [0.717, 1.165) is 25.9 Å². The summed E-state index contributed by atoms with van der Waals surface area (Å²) in [6.45, 7) is 1.35. The second kappa shape index (κ2) is 5.79. The van der Waals surface area contributed by atoms with Gasteiger partial charge in [0, 0.05) is 19.2 Å². The first-order valence-electron chi connectivity index (χ1n) is 5.96. The normalized spacial score (nSPS) is 14.6. The topological polar surface area (TPSA) is 83.3 Å². The number of carbonyl (C=O) groups is 1. The van der Waals surface area contributed by atoms with Gasteiger partial charge in [0.1, 0.15) is 0 Å². The number of nitrogens with two attached hydrogens (primary N) is 1. The molecule has 2 heterocycles. The number of amides is 1. The maximum atomic E-state index is 13.4. The number of aromatic nitrogens is 1. The van der Waals surface area contributed by atoms with Crippen molar-refractivity contribution < 1.29 is 13.6 Å². The molecule has 0 unspecified atom stereocenters.